The molecule has 0 bridgehead atoms. The van der Waals surface area contributed by atoms with Crippen molar-refractivity contribution in [2.75, 3.05) is 66.0 Å². The van der Waals surface area contributed by atoms with E-state index in [1.54, 1.807) is 6.92 Å². The van der Waals surface area contributed by atoms with Crippen LogP contribution in [0.4, 0.5) is 28.8 Å². The third-order valence-electron chi connectivity index (χ3n) is 11.3. The second kappa shape index (κ2) is 35.9. The molecule has 0 spiro atoms. The Morgan fingerprint density at radius 3 is 1.16 bits per heavy atom. The maximum atomic E-state index is 13.4. The van der Waals surface area contributed by atoms with E-state index >= 15 is 0 Å². The molecule has 0 heterocycles. The fourth-order valence-electron chi connectivity index (χ4n) is 7.26. The molecule has 0 aliphatic carbocycles. The molecule has 22 heteroatoms. The Labute approximate surface area is 415 Å². The second-order valence-electron chi connectivity index (χ2n) is 17.9. The van der Waals surface area contributed by atoms with Crippen molar-refractivity contribution >= 4 is 36.2 Å². The number of nitrogens with two attached hydrogens (primary N) is 4. The Morgan fingerprint density at radius 2 is 0.757 bits per heavy atom. The van der Waals surface area contributed by atoms with E-state index in [0.29, 0.717) is 58.2 Å². The number of hydrogen-bond acceptors (Lipinski definition) is 10. The maximum Gasteiger partial charge on any atom is 0.315 e. The smallest absolute Gasteiger partial charge is 0.315 e. The van der Waals surface area contributed by atoms with Crippen LogP contribution >= 0.6 is 0 Å². The van der Waals surface area contributed by atoms with E-state index in [1.807, 2.05) is 62.4 Å². The minimum absolute atomic E-state index is 0.102. The van der Waals surface area contributed by atoms with Gasteiger partial charge in [-0.25, -0.2) is 28.8 Å². The molecular weight excluding hydrogens is 897 g/mol. The molecule has 0 unspecified atom stereocenters. The summed E-state index contributed by atoms with van der Waals surface area (Å²) in [4.78, 5) is 77.1. The number of urea groups is 6. The number of nitrogens with one attached hydrogen (secondary N) is 12. The van der Waals surface area contributed by atoms with Crippen molar-refractivity contribution in [1.29, 1.82) is 0 Å². The monoisotopic (exact) mass is 983 g/mol. The molecule has 0 radical (unpaired) electrons. The molecule has 0 fully saturated rings. The van der Waals surface area contributed by atoms with Gasteiger partial charge in [0.25, 0.3) is 0 Å². The number of amides is 12. The van der Waals surface area contributed by atoms with Crippen LogP contribution in [0.25, 0.3) is 0 Å². The maximum absolute atomic E-state index is 13.4. The highest BCUT2D eigenvalue weighted by molar-refractivity contribution is 5.78. The lowest BCUT2D eigenvalue weighted by Gasteiger charge is -2.24. The standard InChI is InChI=1S/C48H86N16O6/c1-33-14-18-36(19-15-33)25-38(52)28-55-46(68)62-40(12-6-9-23-50)30-57-44(66)60-35(3)27-54-45(67)61-41(13-7-10-24-51)31-58-48(70)64-42(26-37-20-16-34(2)17-21-37)32-59-47(69)63-39(11-5-8-22-49)29-56-43(65)53-4/h14-21,35,38-42H,5-13,22-32,49-52H2,1-4H3,(H2,53,56,65)(H2,54,61,67)(H2,55,62,68)(H2,57,60,66)(H2,58,64,70)(H2,59,63,69)/t35-,38-,39-,40-,41-,42-/m0/s1. The van der Waals surface area contributed by atoms with E-state index in [0.717, 1.165) is 54.4 Å². The summed E-state index contributed by atoms with van der Waals surface area (Å²) in [5.41, 5.74) is 27.7. The van der Waals surface area contributed by atoms with Crippen LogP contribution in [-0.2, 0) is 12.8 Å². The summed E-state index contributed by atoms with van der Waals surface area (Å²) in [6, 6.07) is 11.0. The number of unbranched alkanes of at least 4 members (excludes halogenated alkanes) is 3. The summed E-state index contributed by atoms with van der Waals surface area (Å²) < 4.78 is 0. The van der Waals surface area contributed by atoms with Gasteiger partial charge in [-0.05, 0) is 103 Å². The number of aryl methyl sites for hydroxylation is 2. The fourth-order valence-corrected chi connectivity index (χ4v) is 7.26. The molecule has 12 amide bonds. The van der Waals surface area contributed by atoms with Gasteiger partial charge in [-0.15, -0.1) is 0 Å². The minimum atomic E-state index is -0.506. The fraction of sp³-hybridized carbons (Fsp3) is 0.625. The highest BCUT2D eigenvalue weighted by atomic mass is 16.2. The molecule has 6 atom stereocenters. The van der Waals surface area contributed by atoms with E-state index in [2.05, 4.69) is 63.8 Å². The van der Waals surface area contributed by atoms with Gasteiger partial charge in [-0.2, -0.15) is 0 Å². The Morgan fingerprint density at radius 1 is 0.429 bits per heavy atom. The van der Waals surface area contributed by atoms with E-state index in [-0.39, 0.29) is 69.5 Å². The van der Waals surface area contributed by atoms with E-state index in [4.69, 9.17) is 22.9 Å². The van der Waals surface area contributed by atoms with Gasteiger partial charge in [0.1, 0.15) is 0 Å². The van der Waals surface area contributed by atoms with Gasteiger partial charge >= 0.3 is 36.2 Å². The van der Waals surface area contributed by atoms with Crippen LogP contribution < -0.4 is 86.7 Å². The Hall–Kier alpha value is -6.10. The Kier molecular flexibility index (Phi) is 30.8. The molecule has 0 saturated carbocycles. The van der Waals surface area contributed by atoms with Crippen LogP contribution in [0.5, 0.6) is 0 Å². The topological polar surface area (TPSA) is 351 Å². The molecule has 2 rings (SSSR count). The average Bonchev–Trinajstić information content (AvgIpc) is 3.33. The number of carbonyl (C=O) groups is 6. The first-order valence-electron chi connectivity index (χ1n) is 24.8. The lowest BCUT2D eigenvalue weighted by atomic mass is 10.0. The normalized spacial score (nSPS) is 13.4. The zero-order chi connectivity index (χ0) is 51.5. The SMILES string of the molecule is CNC(=O)NC[C@H](CCCCN)NC(=O)NC[C@H](Cc1ccc(C)cc1)NC(=O)NC[C@H](CCCCN)NC(=O)NC[C@H](C)NC(=O)NC[C@H](CCCCN)NC(=O)NC[C@@H](N)Cc1ccc(C)cc1. The Bertz CT molecular complexity index is 1810. The first-order chi connectivity index (χ1) is 33.6. The summed E-state index contributed by atoms with van der Waals surface area (Å²) in [7, 11) is 1.51. The number of benzene rings is 2. The van der Waals surface area contributed by atoms with Crippen LogP contribution in [0.2, 0.25) is 0 Å². The van der Waals surface area contributed by atoms with Crippen LogP contribution in [-0.4, -0.2) is 138 Å². The van der Waals surface area contributed by atoms with Gasteiger partial charge in [0.05, 0.1) is 6.04 Å². The van der Waals surface area contributed by atoms with Crippen LogP contribution in [0.3, 0.4) is 0 Å². The van der Waals surface area contributed by atoms with Crippen LogP contribution in [0.15, 0.2) is 48.5 Å². The predicted octanol–water partition coefficient (Wildman–Crippen LogP) is 1.09. The minimum Gasteiger partial charge on any atom is -0.341 e. The van der Waals surface area contributed by atoms with Crippen molar-refractivity contribution < 1.29 is 28.8 Å². The van der Waals surface area contributed by atoms with Crippen LogP contribution in [0.1, 0.15) is 87.0 Å². The molecule has 394 valence electrons. The van der Waals surface area contributed by atoms with E-state index in [1.165, 1.54) is 7.05 Å². The molecule has 20 N–H and O–H groups in total. The molecule has 0 aliphatic heterocycles. The highest BCUT2D eigenvalue weighted by Crippen LogP contribution is 2.08. The Balaban J connectivity index is 1.91. The molecule has 0 aliphatic rings. The summed E-state index contributed by atoms with van der Waals surface area (Å²) in [5, 5.41) is 34.0. The van der Waals surface area contributed by atoms with Gasteiger partial charge < -0.3 is 86.7 Å². The first-order valence-corrected chi connectivity index (χ1v) is 24.8. The van der Waals surface area contributed by atoms with Crippen molar-refractivity contribution in [1.82, 2.24) is 63.8 Å². The summed E-state index contributed by atoms with van der Waals surface area (Å²) in [6.45, 7) is 8.22. The predicted molar refractivity (Wildman–Crippen MR) is 276 cm³/mol. The van der Waals surface area contributed by atoms with Crippen molar-refractivity contribution in [2.24, 2.45) is 22.9 Å². The largest absolute Gasteiger partial charge is 0.341 e. The number of rotatable bonds is 33. The van der Waals surface area contributed by atoms with Gasteiger partial charge in [-0.3, -0.25) is 0 Å². The van der Waals surface area contributed by atoms with Gasteiger partial charge in [0.15, 0.2) is 0 Å². The van der Waals surface area contributed by atoms with Crippen molar-refractivity contribution in [2.45, 2.75) is 128 Å². The number of carbonyl (C=O) groups excluding carboxylic acids is 6. The zero-order valence-electron chi connectivity index (χ0n) is 42.0. The quantitative estimate of drug-likeness (QED) is 0.0452. The molecule has 0 saturated heterocycles. The molecule has 2 aromatic rings. The molecular formula is C48H86N16O6. The molecule has 70 heavy (non-hydrogen) atoms. The van der Waals surface area contributed by atoms with Crippen molar-refractivity contribution in [3.8, 4) is 0 Å². The molecule has 22 nitrogen and oxygen atoms in total. The lowest BCUT2D eigenvalue weighted by Crippen LogP contribution is -2.55. The van der Waals surface area contributed by atoms with E-state index < -0.39 is 42.2 Å². The van der Waals surface area contributed by atoms with E-state index in [9.17, 15) is 28.8 Å². The number of hydrogen-bond donors (Lipinski definition) is 16. The van der Waals surface area contributed by atoms with Crippen LogP contribution in [0, 0.1) is 13.8 Å². The summed E-state index contributed by atoms with van der Waals surface area (Å²) in [6.07, 6.45) is 7.28. The first kappa shape index (κ1) is 60.0. The summed E-state index contributed by atoms with van der Waals surface area (Å²) >= 11 is 0. The van der Waals surface area contributed by atoms with Crippen molar-refractivity contribution in [3.05, 3.63) is 70.8 Å². The van der Waals surface area contributed by atoms with Gasteiger partial charge in [0.2, 0.25) is 0 Å². The lowest BCUT2D eigenvalue weighted by molar-refractivity contribution is 0.224. The zero-order valence-corrected chi connectivity index (χ0v) is 42.0. The average molecular weight is 983 g/mol. The molecule has 0 aromatic heterocycles. The van der Waals surface area contributed by atoms with Gasteiger partial charge in [0, 0.05) is 76.5 Å². The third-order valence-corrected chi connectivity index (χ3v) is 11.3. The second-order valence-corrected chi connectivity index (χ2v) is 17.9. The highest BCUT2D eigenvalue weighted by Gasteiger charge is 2.20. The van der Waals surface area contributed by atoms with Gasteiger partial charge in [-0.1, -0.05) is 78.9 Å². The van der Waals surface area contributed by atoms with Crippen molar-refractivity contribution in [3.63, 3.8) is 0 Å². The third kappa shape index (κ3) is 29.0. The summed E-state index contributed by atoms with van der Waals surface area (Å²) in [5.74, 6) is 0. The molecule has 2 aromatic carbocycles.